The third kappa shape index (κ3) is 6.02. The molecule has 206 valence electrons. The van der Waals surface area contributed by atoms with Gasteiger partial charge in [0, 0.05) is 24.9 Å². The van der Waals surface area contributed by atoms with Gasteiger partial charge in [-0.2, -0.15) is 0 Å². The van der Waals surface area contributed by atoms with E-state index in [-0.39, 0.29) is 17.1 Å². The largest absolute Gasteiger partial charge is 0.348 e. The third-order valence-corrected chi connectivity index (χ3v) is 11.4. The molecule has 1 fully saturated rings. The molecule has 0 saturated carbocycles. The van der Waals surface area contributed by atoms with Gasteiger partial charge in [0.05, 0.1) is 15.8 Å². The van der Waals surface area contributed by atoms with Gasteiger partial charge in [-0.3, -0.25) is 0 Å². The fourth-order valence-electron chi connectivity index (χ4n) is 5.39. The van der Waals surface area contributed by atoms with Gasteiger partial charge < -0.3 is 4.90 Å². The minimum Gasteiger partial charge on any atom is -0.348 e. The lowest BCUT2D eigenvalue weighted by Gasteiger charge is -2.33. The number of piperidine rings is 1. The van der Waals surface area contributed by atoms with Gasteiger partial charge in [-0.25, -0.2) is 13.4 Å². The van der Waals surface area contributed by atoms with Crippen molar-refractivity contribution in [3.8, 4) is 0 Å². The van der Waals surface area contributed by atoms with E-state index in [0.717, 1.165) is 41.5 Å². The monoisotopic (exact) mass is 552 g/mol. The second-order valence-electron chi connectivity index (χ2n) is 11.9. The summed E-state index contributed by atoms with van der Waals surface area (Å²) in [4.78, 5) is 7.80. The molecule has 1 aliphatic rings. The molecule has 0 unspecified atom stereocenters. The molecule has 4 rings (SSSR count). The van der Waals surface area contributed by atoms with Crippen molar-refractivity contribution in [2.24, 2.45) is 0 Å². The molecule has 0 atom stereocenters. The first-order valence-electron chi connectivity index (χ1n) is 14.1. The van der Waals surface area contributed by atoms with Crippen molar-refractivity contribution in [2.75, 3.05) is 18.0 Å². The van der Waals surface area contributed by atoms with Crippen LogP contribution in [0.4, 0.5) is 5.13 Å². The zero-order chi connectivity index (χ0) is 27.8. The van der Waals surface area contributed by atoms with Crippen LogP contribution in [-0.2, 0) is 16.3 Å². The zero-order valence-corrected chi connectivity index (χ0v) is 26.0. The number of aryl methyl sites for hydroxylation is 2. The number of anilines is 1. The van der Waals surface area contributed by atoms with Crippen molar-refractivity contribution in [3.63, 3.8) is 0 Å². The Bertz CT molecular complexity index is 1350. The summed E-state index contributed by atoms with van der Waals surface area (Å²) in [7, 11) is -3.45. The molecule has 2 aromatic carbocycles. The summed E-state index contributed by atoms with van der Waals surface area (Å²) in [5.74, 6) is 0.674. The van der Waals surface area contributed by atoms with E-state index in [9.17, 15) is 8.42 Å². The average Bonchev–Trinajstić information content (AvgIpc) is 3.33. The summed E-state index contributed by atoms with van der Waals surface area (Å²) >= 11 is 1.67. The summed E-state index contributed by atoms with van der Waals surface area (Å²) < 4.78 is 28.4. The van der Waals surface area contributed by atoms with Gasteiger partial charge in [-0.05, 0) is 77.8 Å². The van der Waals surface area contributed by atoms with E-state index in [4.69, 9.17) is 4.98 Å². The van der Waals surface area contributed by atoms with Gasteiger partial charge in [0.1, 0.15) is 0 Å². The van der Waals surface area contributed by atoms with Crippen LogP contribution in [0.1, 0.15) is 111 Å². The summed E-state index contributed by atoms with van der Waals surface area (Å²) in [6, 6.07) is 10.9. The molecule has 1 aromatic heterocycles. The van der Waals surface area contributed by atoms with E-state index in [1.165, 1.54) is 22.3 Å². The molecule has 0 radical (unpaired) electrons. The first-order valence-corrected chi connectivity index (χ1v) is 16.5. The Morgan fingerprint density at radius 2 is 1.50 bits per heavy atom. The Labute approximate surface area is 234 Å². The predicted molar refractivity (Wildman–Crippen MR) is 162 cm³/mol. The summed E-state index contributed by atoms with van der Waals surface area (Å²) in [5, 5.41) is 2.80. The third-order valence-electron chi connectivity index (χ3n) is 8.01. The standard InChI is InChI=1S/C32H44N2O2S2/c1-20(2)26-17-29(21(3)4)31(30(18-26)22(5)6)38(35,36)28-11-13-34(14-12-28)32-33-27(19-37-32)16-25-10-9-23(7)24(8)15-25/h9-10,15,17-22,28H,11-14,16H2,1-8H3. The molecule has 1 aliphatic heterocycles. The van der Waals surface area contributed by atoms with Gasteiger partial charge in [-0.1, -0.05) is 71.9 Å². The Hall–Kier alpha value is -2.18. The maximum atomic E-state index is 14.2. The lowest BCUT2D eigenvalue weighted by molar-refractivity contribution is 0.526. The minimum absolute atomic E-state index is 0.155. The van der Waals surface area contributed by atoms with Crippen LogP contribution in [0.5, 0.6) is 0 Å². The second-order valence-corrected chi connectivity index (χ2v) is 14.9. The number of sulfone groups is 1. The number of hydrogen-bond acceptors (Lipinski definition) is 5. The maximum absolute atomic E-state index is 14.2. The first kappa shape index (κ1) is 28.8. The highest BCUT2D eigenvalue weighted by atomic mass is 32.2. The highest BCUT2D eigenvalue weighted by Crippen LogP contribution is 2.39. The van der Waals surface area contributed by atoms with Crippen LogP contribution in [0, 0.1) is 13.8 Å². The summed E-state index contributed by atoms with van der Waals surface area (Å²) in [5.41, 5.74) is 8.17. The Morgan fingerprint density at radius 1 is 0.895 bits per heavy atom. The molecule has 1 saturated heterocycles. The molecule has 2 heterocycles. The van der Waals surface area contributed by atoms with Crippen molar-refractivity contribution in [3.05, 3.63) is 74.8 Å². The molecule has 0 spiro atoms. The minimum atomic E-state index is -3.45. The van der Waals surface area contributed by atoms with Crippen LogP contribution in [0.15, 0.2) is 40.6 Å². The first-order chi connectivity index (χ1) is 17.9. The van der Waals surface area contributed by atoms with E-state index >= 15 is 0 Å². The average molecular weight is 553 g/mol. The van der Waals surface area contributed by atoms with Crippen LogP contribution >= 0.6 is 11.3 Å². The molecule has 38 heavy (non-hydrogen) atoms. The molecule has 0 bridgehead atoms. The molecule has 6 heteroatoms. The van der Waals surface area contributed by atoms with Gasteiger partial charge in [0.25, 0.3) is 0 Å². The summed E-state index contributed by atoms with van der Waals surface area (Å²) in [6.07, 6.45) is 2.09. The van der Waals surface area contributed by atoms with Gasteiger partial charge >= 0.3 is 0 Å². The normalized spacial score (nSPS) is 15.3. The van der Waals surface area contributed by atoms with Crippen LogP contribution < -0.4 is 4.90 Å². The van der Waals surface area contributed by atoms with E-state index in [0.29, 0.717) is 23.7 Å². The molecule has 4 nitrogen and oxygen atoms in total. The van der Waals surface area contributed by atoms with E-state index in [2.05, 4.69) is 96.0 Å². The number of hydrogen-bond donors (Lipinski definition) is 0. The Morgan fingerprint density at radius 3 is 2.03 bits per heavy atom. The predicted octanol–water partition coefficient (Wildman–Crippen LogP) is 8.16. The van der Waals surface area contributed by atoms with Crippen LogP contribution in [0.3, 0.4) is 0 Å². The van der Waals surface area contributed by atoms with Gasteiger partial charge in [0.15, 0.2) is 15.0 Å². The number of benzene rings is 2. The quantitative estimate of drug-likeness (QED) is 0.283. The van der Waals surface area contributed by atoms with Crippen molar-refractivity contribution < 1.29 is 8.42 Å². The van der Waals surface area contributed by atoms with Crippen molar-refractivity contribution in [2.45, 2.75) is 103 Å². The van der Waals surface area contributed by atoms with E-state index in [1.807, 2.05) is 0 Å². The highest BCUT2D eigenvalue weighted by molar-refractivity contribution is 7.92. The van der Waals surface area contributed by atoms with Crippen LogP contribution in [0.2, 0.25) is 0 Å². The van der Waals surface area contributed by atoms with Crippen molar-refractivity contribution in [1.29, 1.82) is 0 Å². The van der Waals surface area contributed by atoms with Gasteiger partial charge in [-0.15, -0.1) is 11.3 Å². The molecule has 3 aromatic rings. The SMILES string of the molecule is Cc1ccc(Cc2csc(N3CCC(S(=O)(=O)c4c(C(C)C)cc(C(C)C)cc4C(C)C)CC3)n2)cc1C. The molecular formula is C32H44N2O2S2. The lowest BCUT2D eigenvalue weighted by Crippen LogP contribution is -2.40. The lowest BCUT2D eigenvalue weighted by atomic mass is 9.89. The zero-order valence-electron chi connectivity index (χ0n) is 24.3. The van der Waals surface area contributed by atoms with E-state index in [1.54, 1.807) is 11.3 Å². The number of thiazole rings is 1. The number of rotatable bonds is 8. The fourth-order valence-corrected chi connectivity index (χ4v) is 8.68. The van der Waals surface area contributed by atoms with Crippen molar-refractivity contribution in [1.82, 2.24) is 4.98 Å². The summed E-state index contributed by atoms with van der Waals surface area (Å²) in [6.45, 7) is 18.5. The highest BCUT2D eigenvalue weighted by Gasteiger charge is 2.36. The fraction of sp³-hybridized carbons (Fsp3) is 0.531. The number of nitrogens with zero attached hydrogens (tertiary/aromatic N) is 2. The van der Waals surface area contributed by atoms with E-state index < -0.39 is 9.84 Å². The molecular weight excluding hydrogens is 508 g/mol. The molecule has 0 amide bonds. The number of aromatic nitrogens is 1. The molecule has 0 aliphatic carbocycles. The van der Waals surface area contributed by atoms with Crippen molar-refractivity contribution >= 4 is 26.3 Å². The van der Waals surface area contributed by atoms with Crippen LogP contribution in [0.25, 0.3) is 0 Å². The molecule has 0 N–H and O–H groups in total. The van der Waals surface area contributed by atoms with Gasteiger partial charge in [0.2, 0.25) is 0 Å². The smallest absolute Gasteiger partial charge is 0.185 e. The maximum Gasteiger partial charge on any atom is 0.185 e. The topological polar surface area (TPSA) is 50.3 Å². The van der Waals surface area contributed by atoms with Crippen LogP contribution in [-0.4, -0.2) is 31.7 Å². The second kappa shape index (κ2) is 11.5. The Kier molecular flexibility index (Phi) is 8.73. The Balaban J connectivity index is 1.53.